The van der Waals surface area contributed by atoms with Crippen LogP contribution in [0.4, 0.5) is 0 Å². The highest BCUT2D eigenvalue weighted by Crippen LogP contribution is 2.24. The first kappa shape index (κ1) is 38.7. The second-order valence-corrected chi connectivity index (χ2v) is 14.7. The number of fused-ring (bicyclic) bond motifs is 2. The molecule has 2 amide bonds. The smallest absolute Gasteiger partial charge is 0.270 e. The Morgan fingerprint density at radius 2 is 1.12 bits per heavy atom. The summed E-state index contributed by atoms with van der Waals surface area (Å²) in [7, 11) is 3.82. The Bertz CT molecular complexity index is 2160. The van der Waals surface area contributed by atoms with Gasteiger partial charge in [-0.15, -0.1) is 0 Å². The van der Waals surface area contributed by atoms with Gasteiger partial charge in [0.15, 0.2) is 0 Å². The van der Waals surface area contributed by atoms with Gasteiger partial charge in [0.1, 0.15) is 22.7 Å². The maximum Gasteiger partial charge on any atom is 0.270 e. The highest BCUT2D eigenvalue weighted by atomic mass is 16.5. The van der Waals surface area contributed by atoms with E-state index in [-0.39, 0.29) is 11.8 Å². The highest BCUT2D eigenvalue weighted by molar-refractivity contribution is 5.96. The molecule has 0 spiro atoms. The Labute approximate surface area is 324 Å². The lowest BCUT2D eigenvalue weighted by molar-refractivity contribution is -0.0141. The van der Waals surface area contributed by atoms with Crippen LogP contribution in [0, 0.1) is 13.8 Å². The number of hydrogen-bond donors (Lipinski definition) is 4. The Kier molecular flexibility index (Phi) is 11.8. The van der Waals surface area contributed by atoms with Crippen LogP contribution in [0.5, 0.6) is 0 Å². The number of carbonyl (C=O) groups is 2. The molecule has 0 unspecified atom stereocenters. The van der Waals surface area contributed by atoms with E-state index in [1.54, 1.807) is 0 Å². The molecular weight excluding hydrogens is 713 g/mol. The number of hydrogen-bond acceptors (Lipinski definition) is 10. The fourth-order valence-electron chi connectivity index (χ4n) is 6.99. The van der Waals surface area contributed by atoms with Crippen molar-refractivity contribution in [2.24, 2.45) is 14.1 Å². The molecule has 4 atom stereocenters. The van der Waals surface area contributed by atoms with Crippen molar-refractivity contribution < 1.29 is 29.3 Å². The van der Waals surface area contributed by atoms with Crippen molar-refractivity contribution in [3.05, 3.63) is 118 Å². The van der Waals surface area contributed by atoms with Gasteiger partial charge in [0.25, 0.3) is 11.8 Å². The normalized spacial score (nSPS) is 19.7. The monoisotopic (exact) mass is 760 g/mol. The predicted octanol–water partition coefficient (Wildman–Crippen LogP) is 3.49. The molecule has 8 heterocycles. The molecule has 0 aromatic carbocycles. The zero-order chi connectivity index (χ0) is 39.3. The first-order chi connectivity index (χ1) is 27.0. The van der Waals surface area contributed by atoms with E-state index in [0.29, 0.717) is 63.5 Å². The highest BCUT2D eigenvalue weighted by Gasteiger charge is 2.28. The van der Waals surface area contributed by atoms with E-state index in [9.17, 15) is 19.8 Å². The lowest BCUT2D eigenvalue weighted by Crippen LogP contribution is -2.49. The van der Waals surface area contributed by atoms with Gasteiger partial charge in [0.05, 0.1) is 37.5 Å². The van der Waals surface area contributed by atoms with Gasteiger partial charge in [0.2, 0.25) is 0 Å². The third-order valence-corrected chi connectivity index (χ3v) is 10.3. The number of rotatable bonds is 8. The predicted molar refractivity (Wildman–Crippen MR) is 210 cm³/mol. The summed E-state index contributed by atoms with van der Waals surface area (Å²) in [4.78, 5) is 43.5. The van der Waals surface area contributed by atoms with Crippen molar-refractivity contribution in [3.63, 3.8) is 0 Å². The van der Waals surface area contributed by atoms with Crippen LogP contribution in [0.1, 0.15) is 67.5 Å². The number of aliphatic hydroxyl groups is 2. The van der Waals surface area contributed by atoms with Gasteiger partial charge in [-0.05, 0) is 98.2 Å². The molecule has 0 saturated carbocycles. The SMILES string of the molecule is Cc1ccc(Cc2cc(C(=O)N[C@@H]3COCC[C@H]3O)nc3c2ccn3C)cn1.Cc1ccc(Cc2cc(C(=O)N[C@@H]3COCC[C@H]3O)nc3c2ccn3C)cn1. The summed E-state index contributed by atoms with van der Waals surface area (Å²) in [5, 5.41) is 27.9. The van der Waals surface area contributed by atoms with Gasteiger partial charge in [-0.25, -0.2) is 9.97 Å². The molecule has 8 rings (SSSR count). The molecule has 14 nitrogen and oxygen atoms in total. The fraction of sp³-hybridized carbons (Fsp3) is 0.381. The third-order valence-electron chi connectivity index (χ3n) is 10.3. The van der Waals surface area contributed by atoms with E-state index in [1.807, 2.05) is 110 Å². The minimum absolute atomic E-state index is 0.305. The van der Waals surface area contributed by atoms with Gasteiger partial charge in [0, 0.05) is 74.3 Å². The van der Waals surface area contributed by atoms with Crippen LogP contribution in [-0.2, 0) is 36.4 Å². The number of amides is 2. The number of aromatic nitrogens is 6. The van der Waals surface area contributed by atoms with E-state index in [1.165, 1.54) is 0 Å². The van der Waals surface area contributed by atoms with Crippen molar-refractivity contribution >= 4 is 33.9 Å². The lowest BCUT2D eigenvalue weighted by Gasteiger charge is -2.28. The summed E-state index contributed by atoms with van der Waals surface area (Å²) in [5.74, 6) is -0.609. The fourth-order valence-corrected chi connectivity index (χ4v) is 6.99. The average molecular weight is 761 g/mol. The van der Waals surface area contributed by atoms with Gasteiger partial charge < -0.3 is 39.5 Å². The second kappa shape index (κ2) is 17.1. The van der Waals surface area contributed by atoms with Crippen LogP contribution in [0.3, 0.4) is 0 Å². The summed E-state index contributed by atoms with van der Waals surface area (Å²) in [6.45, 7) is 5.54. The van der Waals surface area contributed by atoms with Gasteiger partial charge in [-0.3, -0.25) is 19.6 Å². The van der Waals surface area contributed by atoms with E-state index < -0.39 is 24.3 Å². The van der Waals surface area contributed by atoms with E-state index in [4.69, 9.17) is 9.47 Å². The van der Waals surface area contributed by atoms with Crippen LogP contribution >= 0.6 is 0 Å². The summed E-state index contributed by atoms with van der Waals surface area (Å²) in [5.41, 5.74) is 8.29. The quantitative estimate of drug-likeness (QED) is 0.180. The van der Waals surface area contributed by atoms with E-state index >= 15 is 0 Å². The van der Waals surface area contributed by atoms with Crippen molar-refractivity contribution in [1.82, 2.24) is 39.7 Å². The number of carbonyl (C=O) groups excluding carboxylic acids is 2. The zero-order valence-electron chi connectivity index (χ0n) is 32.1. The Morgan fingerprint density at radius 1 is 0.696 bits per heavy atom. The third kappa shape index (κ3) is 8.95. The molecule has 292 valence electrons. The van der Waals surface area contributed by atoms with Crippen LogP contribution in [0.15, 0.2) is 73.3 Å². The zero-order valence-corrected chi connectivity index (χ0v) is 32.1. The molecule has 0 radical (unpaired) electrons. The van der Waals surface area contributed by atoms with Crippen molar-refractivity contribution in [1.29, 1.82) is 0 Å². The van der Waals surface area contributed by atoms with Gasteiger partial charge in [-0.2, -0.15) is 0 Å². The molecule has 2 fully saturated rings. The lowest BCUT2D eigenvalue weighted by atomic mass is 10.0. The molecule has 14 heteroatoms. The minimum atomic E-state index is -0.602. The van der Waals surface area contributed by atoms with Crippen LogP contribution in [0.2, 0.25) is 0 Å². The molecule has 0 bridgehead atoms. The maximum atomic E-state index is 12.8. The summed E-state index contributed by atoms with van der Waals surface area (Å²) >= 11 is 0. The van der Waals surface area contributed by atoms with Crippen molar-refractivity contribution in [3.8, 4) is 0 Å². The summed E-state index contributed by atoms with van der Waals surface area (Å²) < 4.78 is 14.6. The number of ether oxygens (including phenoxy) is 2. The van der Waals surface area contributed by atoms with E-state index in [2.05, 4.69) is 30.6 Å². The standard InChI is InChI=1S/2C21H24N4O3/c2*1-13-3-4-14(11-22-13)9-15-10-17(23-20-16(15)5-7-25(20)2)21(27)24-18-12-28-8-6-19(18)26/h2*3-5,7,10-11,18-19,26H,6,8-9,12H2,1-2H3,(H,24,27)/t2*18-,19-/m11/s1. The van der Waals surface area contributed by atoms with Crippen LogP contribution in [0.25, 0.3) is 22.1 Å². The molecule has 56 heavy (non-hydrogen) atoms. The van der Waals surface area contributed by atoms with Gasteiger partial charge in [-0.1, -0.05) is 12.1 Å². The topological polar surface area (TPSA) is 179 Å². The number of nitrogens with one attached hydrogen (secondary N) is 2. The number of pyridine rings is 4. The Morgan fingerprint density at radius 3 is 1.50 bits per heavy atom. The maximum absolute atomic E-state index is 12.8. The first-order valence-corrected chi connectivity index (χ1v) is 18.9. The summed E-state index contributed by atoms with van der Waals surface area (Å²) in [6, 6.07) is 14.9. The van der Waals surface area contributed by atoms with E-state index in [0.717, 1.165) is 55.7 Å². The molecular formula is C42H48N8O6. The van der Waals surface area contributed by atoms with Crippen molar-refractivity contribution in [2.75, 3.05) is 26.4 Å². The van der Waals surface area contributed by atoms with Gasteiger partial charge >= 0.3 is 0 Å². The Hall–Kier alpha value is -5.54. The molecule has 2 aliphatic rings. The molecule has 0 aliphatic carbocycles. The Balaban J connectivity index is 0.000000172. The van der Waals surface area contributed by atoms with Crippen LogP contribution in [-0.4, -0.2) is 102 Å². The minimum Gasteiger partial charge on any atom is -0.391 e. The average Bonchev–Trinajstić information content (AvgIpc) is 3.77. The number of aliphatic hydroxyl groups excluding tert-OH is 2. The summed E-state index contributed by atoms with van der Waals surface area (Å²) in [6.07, 6.45) is 8.74. The number of nitrogens with zero attached hydrogens (tertiary/aromatic N) is 6. The van der Waals surface area contributed by atoms with Crippen molar-refractivity contribution in [2.45, 2.75) is 63.8 Å². The largest absolute Gasteiger partial charge is 0.391 e. The molecule has 6 aromatic rings. The molecule has 4 N–H and O–H groups in total. The molecule has 2 aliphatic heterocycles. The molecule has 2 saturated heterocycles. The second-order valence-electron chi connectivity index (χ2n) is 14.7. The molecule has 6 aromatic heterocycles. The first-order valence-electron chi connectivity index (χ1n) is 18.9. The van der Waals surface area contributed by atoms with Crippen LogP contribution < -0.4 is 10.6 Å². The number of aryl methyl sites for hydroxylation is 4.